The molecule has 20 heavy (non-hydrogen) atoms. The number of benzene rings is 1. The summed E-state index contributed by atoms with van der Waals surface area (Å²) < 4.78 is 5.10. The summed E-state index contributed by atoms with van der Waals surface area (Å²) in [5.74, 6) is 1.04. The minimum Gasteiger partial charge on any atom is -0.497 e. The van der Waals surface area contributed by atoms with Crippen molar-refractivity contribution in [1.29, 1.82) is 0 Å². The maximum atomic E-state index is 12.3. The van der Waals surface area contributed by atoms with Gasteiger partial charge in [0.05, 0.1) is 13.2 Å². The van der Waals surface area contributed by atoms with Crippen molar-refractivity contribution < 1.29 is 9.53 Å². The first-order valence-electron chi connectivity index (χ1n) is 6.60. The Morgan fingerprint density at radius 2 is 1.90 bits per heavy atom. The summed E-state index contributed by atoms with van der Waals surface area (Å²) in [6.45, 7) is 4.22. The van der Waals surface area contributed by atoms with Gasteiger partial charge in [0, 0.05) is 10.4 Å². The Bertz CT molecular complexity index is 546. The fourth-order valence-corrected chi connectivity index (χ4v) is 2.95. The minimum atomic E-state index is -0.0558. The zero-order valence-electron chi connectivity index (χ0n) is 11.9. The van der Waals surface area contributed by atoms with E-state index in [0.29, 0.717) is 11.5 Å². The van der Waals surface area contributed by atoms with Gasteiger partial charge in [0.2, 0.25) is 0 Å². The molecule has 0 aliphatic carbocycles. The average molecular weight is 289 g/mol. The molecule has 1 N–H and O–H groups in total. The quantitative estimate of drug-likeness (QED) is 0.907. The Kier molecular flexibility index (Phi) is 4.79. The summed E-state index contributed by atoms with van der Waals surface area (Å²) in [5, 5.41) is 5.14. The fourth-order valence-electron chi connectivity index (χ4n) is 2.00. The highest BCUT2D eigenvalue weighted by atomic mass is 32.1. The largest absolute Gasteiger partial charge is 0.497 e. The van der Waals surface area contributed by atoms with E-state index in [-0.39, 0.29) is 11.9 Å². The Labute approximate surface area is 123 Å². The molecule has 1 heterocycles. The van der Waals surface area contributed by atoms with E-state index in [1.54, 1.807) is 42.7 Å². The van der Waals surface area contributed by atoms with Crippen molar-refractivity contribution >= 4 is 17.2 Å². The first kappa shape index (κ1) is 14.6. The molecule has 0 aliphatic rings. The van der Waals surface area contributed by atoms with Crippen molar-refractivity contribution in [1.82, 2.24) is 5.32 Å². The Balaban J connectivity index is 2.12. The number of thiophene rings is 1. The van der Waals surface area contributed by atoms with E-state index in [9.17, 15) is 4.79 Å². The summed E-state index contributed by atoms with van der Waals surface area (Å²) >= 11 is 1.67. The third kappa shape index (κ3) is 3.39. The second kappa shape index (κ2) is 6.57. The topological polar surface area (TPSA) is 38.3 Å². The second-order valence-electron chi connectivity index (χ2n) is 4.94. The molecule has 4 heteroatoms. The Hall–Kier alpha value is -1.81. The maximum absolute atomic E-state index is 12.3. The highest BCUT2D eigenvalue weighted by Gasteiger charge is 2.19. The lowest BCUT2D eigenvalue weighted by Crippen LogP contribution is -2.31. The van der Waals surface area contributed by atoms with Crippen molar-refractivity contribution in [2.45, 2.75) is 19.9 Å². The van der Waals surface area contributed by atoms with E-state index in [0.717, 1.165) is 5.75 Å². The van der Waals surface area contributed by atoms with Gasteiger partial charge in [-0.05, 0) is 41.6 Å². The van der Waals surface area contributed by atoms with Gasteiger partial charge in [-0.25, -0.2) is 0 Å². The average Bonchev–Trinajstić information content (AvgIpc) is 2.98. The molecule has 1 atom stereocenters. The Morgan fingerprint density at radius 3 is 2.40 bits per heavy atom. The lowest BCUT2D eigenvalue weighted by Gasteiger charge is -2.21. The lowest BCUT2D eigenvalue weighted by molar-refractivity contribution is 0.0926. The molecule has 0 unspecified atom stereocenters. The smallest absolute Gasteiger partial charge is 0.251 e. The molecule has 0 radical (unpaired) electrons. The molecular formula is C16H19NO2S. The van der Waals surface area contributed by atoms with Crippen LogP contribution >= 0.6 is 11.3 Å². The molecule has 1 aromatic heterocycles. The molecule has 1 aromatic carbocycles. The van der Waals surface area contributed by atoms with E-state index >= 15 is 0 Å². The van der Waals surface area contributed by atoms with Crippen LogP contribution in [0.1, 0.15) is 35.1 Å². The molecule has 2 aromatic rings. The van der Waals surface area contributed by atoms with E-state index in [1.807, 2.05) is 11.4 Å². The number of carbonyl (C=O) groups excluding carboxylic acids is 1. The third-order valence-electron chi connectivity index (χ3n) is 3.16. The number of amides is 1. The van der Waals surface area contributed by atoms with Crippen molar-refractivity contribution in [3.05, 3.63) is 52.2 Å². The van der Waals surface area contributed by atoms with Crippen molar-refractivity contribution in [3.8, 4) is 5.75 Å². The van der Waals surface area contributed by atoms with Gasteiger partial charge < -0.3 is 10.1 Å². The predicted molar refractivity (Wildman–Crippen MR) is 82.4 cm³/mol. The number of nitrogens with one attached hydrogen (secondary N) is 1. The van der Waals surface area contributed by atoms with Crippen molar-refractivity contribution in [2.75, 3.05) is 7.11 Å². The van der Waals surface area contributed by atoms with E-state index < -0.39 is 0 Å². The van der Waals surface area contributed by atoms with Crippen LogP contribution in [0, 0.1) is 5.92 Å². The van der Waals surface area contributed by atoms with Crippen LogP contribution < -0.4 is 10.1 Å². The van der Waals surface area contributed by atoms with Crippen LogP contribution in [0.15, 0.2) is 41.8 Å². The molecule has 0 saturated carbocycles. The summed E-state index contributed by atoms with van der Waals surface area (Å²) in [7, 11) is 1.61. The van der Waals surface area contributed by atoms with Gasteiger partial charge in [0.25, 0.3) is 5.91 Å². The maximum Gasteiger partial charge on any atom is 0.251 e. The second-order valence-corrected chi connectivity index (χ2v) is 5.92. The number of carbonyl (C=O) groups is 1. The fraction of sp³-hybridized carbons (Fsp3) is 0.312. The van der Waals surface area contributed by atoms with Gasteiger partial charge in [0.1, 0.15) is 5.75 Å². The highest BCUT2D eigenvalue weighted by molar-refractivity contribution is 7.10. The van der Waals surface area contributed by atoms with E-state index in [4.69, 9.17) is 4.74 Å². The van der Waals surface area contributed by atoms with Crippen molar-refractivity contribution in [2.24, 2.45) is 5.92 Å². The summed E-state index contributed by atoms with van der Waals surface area (Å²) in [6.07, 6.45) is 0. The van der Waals surface area contributed by atoms with Gasteiger partial charge in [0.15, 0.2) is 0 Å². The van der Waals surface area contributed by atoms with Crippen LogP contribution in [0.5, 0.6) is 5.75 Å². The van der Waals surface area contributed by atoms with Crippen LogP contribution in [-0.2, 0) is 0 Å². The SMILES string of the molecule is COc1ccc(C(=O)N[C@H](c2cccs2)C(C)C)cc1. The van der Waals surface area contributed by atoms with Gasteiger partial charge in [-0.3, -0.25) is 4.79 Å². The molecule has 0 aliphatic heterocycles. The predicted octanol–water partition coefficient (Wildman–Crippen LogP) is 3.88. The normalized spacial score (nSPS) is 12.2. The van der Waals surface area contributed by atoms with Gasteiger partial charge in [-0.15, -0.1) is 11.3 Å². The number of rotatable bonds is 5. The molecule has 0 bridgehead atoms. The lowest BCUT2D eigenvalue weighted by atomic mass is 10.0. The molecule has 0 spiro atoms. The van der Waals surface area contributed by atoms with Crippen LogP contribution in [0.3, 0.4) is 0 Å². The number of hydrogen-bond donors (Lipinski definition) is 1. The number of ether oxygens (including phenoxy) is 1. The van der Waals surface area contributed by atoms with Crippen LogP contribution in [0.25, 0.3) is 0 Å². The molecule has 1 amide bonds. The van der Waals surface area contributed by atoms with E-state index in [1.165, 1.54) is 4.88 Å². The van der Waals surface area contributed by atoms with Gasteiger partial charge in [-0.2, -0.15) is 0 Å². The number of hydrogen-bond acceptors (Lipinski definition) is 3. The van der Waals surface area contributed by atoms with E-state index in [2.05, 4.69) is 25.2 Å². The third-order valence-corrected chi connectivity index (χ3v) is 4.11. The molecular weight excluding hydrogens is 270 g/mol. The monoisotopic (exact) mass is 289 g/mol. The summed E-state index contributed by atoms with van der Waals surface area (Å²) in [5.41, 5.74) is 0.646. The number of methoxy groups -OCH3 is 1. The molecule has 3 nitrogen and oxygen atoms in total. The van der Waals surface area contributed by atoms with Gasteiger partial charge in [-0.1, -0.05) is 19.9 Å². The first-order valence-corrected chi connectivity index (χ1v) is 7.48. The summed E-state index contributed by atoms with van der Waals surface area (Å²) in [4.78, 5) is 13.5. The standard InChI is InChI=1S/C16H19NO2S/c1-11(2)15(14-5-4-10-20-14)17-16(18)12-6-8-13(19-3)9-7-12/h4-11,15H,1-3H3,(H,17,18)/t15-/m0/s1. The molecule has 0 saturated heterocycles. The molecule has 0 fully saturated rings. The molecule has 106 valence electrons. The zero-order chi connectivity index (χ0) is 14.5. The van der Waals surface area contributed by atoms with Crippen LogP contribution in [0.4, 0.5) is 0 Å². The van der Waals surface area contributed by atoms with Crippen LogP contribution in [0.2, 0.25) is 0 Å². The summed E-state index contributed by atoms with van der Waals surface area (Å²) in [6, 6.07) is 11.3. The Morgan fingerprint density at radius 1 is 1.20 bits per heavy atom. The minimum absolute atomic E-state index is 0.0459. The van der Waals surface area contributed by atoms with Gasteiger partial charge >= 0.3 is 0 Å². The highest BCUT2D eigenvalue weighted by Crippen LogP contribution is 2.26. The molecule has 2 rings (SSSR count). The zero-order valence-corrected chi connectivity index (χ0v) is 12.7. The first-order chi connectivity index (χ1) is 9.61. The van der Waals surface area contributed by atoms with Crippen molar-refractivity contribution in [3.63, 3.8) is 0 Å². The van der Waals surface area contributed by atoms with Crippen LogP contribution in [-0.4, -0.2) is 13.0 Å².